The second kappa shape index (κ2) is 4.33. The number of nitrogens with one attached hydrogen (secondary N) is 1. The summed E-state index contributed by atoms with van der Waals surface area (Å²) in [7, 11) is 0. The molecule has 1 aromatic carbocycles. The largest absolute Gasteiger partial charge is 0.416 e. The lowest BCUT2D eigenvalue weighted by atomic mass is 9.76. The van der Waals surface area contributed by atoms with Gasteiger partial charge in [-0.3, -0.25) is 0 Å². The van der Waals surface area contributed by atoms with E-state index in [0.29, 0.717) is 0 Å². The molecule has 0 aromatic heterocycles. The van der Waals surface area contributed by atoms with E-state index in [2.05, 4.69) is 5.32 Å². The normalized spacial score (nSPS) is 25.9. The lowest BCUT2D eigenvalue weighted by Crippen LogP contribution is -2.41. The Hall–Kier alpha value is -1.03. The molecule has 1 nitrogen and oxygen atoms in total. The van der Waals surface area contributed by atoms with E-state index < -0.39 is 11.7 Å². The zero-order valence-corrected chi connectivity index (χ0v) is 9.77. The van der Waals surface area contributed by atoms with Gasteiger partial charge in [0.1, 0.15) is 0 Å². The second-order valence-electron chi connectivity index (χ2n) is 4.92. The summed E-state index contributed by atoms with van der Waals surface area (Å²) in [6.45, 7) is 3.72. The van der Waals surface area contributed by atoms with Crippen molar-refractivity contribution >= 4 is 0 Å². The molecule has 2 rings (SSSR count). The first-order valence-corrected chi connectivity index (χ1v) is 5.80. The summed E-state index contributed by atoms with van der Waals surface area (Å²) in [5, 5.41) is 3.25. The number of benzene rings is 1. The van der Waals surface area contributed by atoms with Gasteiger partial charge in [-0.1, -0.05) is 25.1 Å². The topological polar surface area (TPSA) is 12.0 Å². The SMILES string of the molecule is CC1(c2cccc(C(F)(F)F)c2)CCCNC1. The van der Waals surface area contributed by atoms with Crippen molar-refractivity contribution in [3.8, 4) is 0 Å². The average molecular weight is 243 g/mol. The van der Waals surface area contributed by atoms with Crippen LogP contribution in [0.4, 0.5) is 13.2 Å². The van der Waals surface area contributed by atoms with Crippen molar-refractivity contribution in [2.75, 3.05) is 13.1 Å². The van der Waals surface area contributed by atoms with Crippen LogP contribution in [0.2, 0.25) is 0 Å². The molecule has 1 fully saturated rings. The summed E-state index contributed by atoms with van der Waals surface area (Å²) in [6.07, 6.45) is -2.32. The first-order valence-electron chi connectivity index (χ1n) is 5.80. The van der Waals surface area contributed by atoms with Gasteiger partial charge in [0, 0.05) is 12.0 Å². The second-order valence-corrected chi connectivity index (χ2v) is 4.92. The fraction of sp³-hybridized carbons (Fsp3) is 0.538. The highest BCUT2D eigenvalue weighted by atomic mass is 19.4. The molecule has 1 aliphatic rings. The third-order valence-corrected chi connectivity index (χ3v) is 3.48. The Morgan fingerprint density at radius 3 is 2.65 bits per heavy atom. The zero-order chi connectivity index (χ0) is 12.5. The molecule has 0 radical (unpaired) electrons. The van der Waals surface area contributed by atoms with Gasteiger partial charge >= 0.3 is 6.18 Å². The average Bonchev–Trinajstić information content (AvgIpc) is 2.29. The molecule has 0 spiro atoms. The third kappa shape index (κ3) is 2.63. The first-order chi connectivity index (χ1) is 7.92. The van der Waals surface area contributed by atoms with Gasteiger partial charge in [0.2, 0.25) is 0 Å². The van der Waals surface area contributed by atoms with E-state index in [4.69, 9.17) is 0 Å². The smallest absolute Gasteiger partial charge is 0.316 e. The molecule has 1 aromatic rings. The molecule has 1 atom stereocenters. The Bertz CT molecular complexity index is 392. The number of alkyl halides is 3. The van der Waals surface area contributed by atoms with Gasteiger partial charge in [-0.2, -0.15) is 13.2 Å². The van der Waals surface area contributed by atoms with Crippen LogP contribution >= 0.6 is 0 Å². The molecule has 0 amide bonds. The number of piperidine rings is 1. The Morgan fingerprint density at radius 1 is 1.29 bits per heavy atom. The lowest BCUT2D eigenvalue weighted by molar-refractivity contribution is -0.137. The standard InChI is InChI=1S/C13H16F3N/c1-12(6-3-7-17-9-12)10-4-2-5-11(8-10)13(14,15)16/h2,4-5,8,17H,3,6-7,9H2,1H3. The summed E-state index contributed by atoms with van der Waals surface area (Å²) in [5.74, 6) is 0. The van der Waals surface area contributed by atoms with Gasteiger partial charge in [0.05, 0.1) is 5.56 Å². The van der Waals surface area contributed by atoms with Crippen LogP contribution in [0.1, 0.15) is 30.9 Å². The van der Waals surface area contributed by atoms with E-state index >= 15 is 0 Å². The minimum atomic E-state index is -4.26. The molecule has 4 heteroatoms. The van der Waals surface area contributed by atoms with E-state index in [1.165, 1.54) is 12.1 Å². The molecular weight excluding hydrogens is 227 g/mol. The van der Waals surface area contributed by atoms with Crippen LogP contribution in [0, 0.1) is 0 Å². The van der Waals surface area contributed by atoms with Crippen molar-refractivity contribution in [3.63, 3.8) is 0 Å². The molecule has 0 saturated carbocycles. The number of rotatable bonds is 1. The fourth-order valence-corrected chi connectivity index (χ4v) is 2.37. The fourth-order valence-electron chi connectivity index (χ4n) is 2.37. The van der Waals surface area contributed by atoms with Gasteiger partial charge in [0.15, 0.2) is 0 Å². The number of hydrogen-bond donors (Lipinski definition) is 1. The molecule has 0 bridgehead atoms. The molecule has 17 heavy (non-hydrogen) atoms. The van der Waals surface area contributed by atoms with Crippen molar-refractivity contribution in [1.82, 2.24) is 5.32 Å². The first kappa shape index (κ1) is 12.4. The molecule has 1 aliphatic heterocycles. The van der Waals surface area contributed by atoms with Gasteiger partial charge < -0.3 is 5.32 Å². The van der Waals surface area contributed by atoms with E-state index in [0.717, 1.165) is 37.6 Å². The number of hydrogen-bond acceptors (Lipinski definition) is 1. The van der Waals surface area contributed by atoms with E-state index in [1.807, 2.05) is 6.92 Å². The Labute approximate surface area is 99.0 Å². The van der Waals surface area contributed by atoms with Gasteiger partial charge in [-0.15, -0.1) is 0 Å². The van der Waals surface area contributed by atoms with E-state index in [-0.39, 0.29) is 5.41 Å². The summed E-state index contributed by atoms with van der Waals surface area (Å²) in [6, 6.07) is 5.70. The van der Waals surface area contributed by atoms with Crippen LogP contribution in [-0.2, 0) is 11.6 Å². The Kier molecular flexibility index (Phi) is 3.17. The van der Waals surface area contributed by atoms with Gasteiger partial charge in [-0.25, -0.2) is 0 Å². The van der Waals surface area contributed by atoms with Crippen LogP contribution < -0.4 is 5.32 Å². The van der Waals surface area contributed by atoms with Crippen molar-refractivity contribution in [2.24, 2.45) is 0 Å². The molecule has 1 unspecified atom stereocenters. The highest BCUT2D eigenvalue weighted by molar-refractivity contribution is 5.32. The molecule has 94 valence electrons. The minimum Gasteiger partial charge on any atom is -0.316 e. The van der Waals surface area contributed by atoms with Crippen molar-refractivity contribution in [3.05, 3.63) is 35.4 Å². The van der Waals surface area contributed by atoms with E-state index in [9.17, 15) is 13.2 Å². The van der Waals surface area contributed by atoms with E-state index in [1.54, 1.807) is 6.07 Å². The highest BCUT2D eigenvalue weighted by Gasteiger charge is 2.34. The molecule has 1 saturated heterocycles. The van der Waals surface area contributed by atoms with Gasteiger partial charge in [0.25, 0.3) is 0 Å². The predicted molar refractivity (Wildman–Crippen MR) is 60.9 cm³/mol. The monoisotopic (exact) mass is 243 g/mol. The van der Waals surface area contributed by atoms with Crippen molar-refractivity contribution < 1.29 is 13.2 Å². The van der Waals surface area contributed by atoms with Crippen LogP contribution in [0.25, 0.3) is 0 Å². The third-order valence-electron chi connectivity index (χ3n) is 3.48. The van der Waals surface area contributed by atoms with Gasteiger partial charge in [-0.05, 0) is 31.0 Å². The maximum Gasteiger partial charge on any atom is 0.416 e. The Balaban J connectivity index is 2.32. The van der Waals surface area contributed by atoms with Crippen LogP contribution in [0.15, 0.2) is 24.3 Å². The number of halogens is 3. The molecule has 0 aliphatic carbocycles. The zero-order valence-electron chi connectivity index (χ0n) is 9.77. The summed E-state index contributed by atoms with van der Waals surface area (Å²) in [4.78, 5) is 0. The summed E-state index contributed by atoms with van der Waals surface area (Å²) in [5.41, 5.74) is 0.0424. The minimum absolute atomic E-state index is 0.181. The predicted octanol–water partition coefficient (Wildman–Crippen LogP) is 3.35. The summed E-state index contributed by atoms with van der Waals surface area (Å²) >= 11 is 0. The van der Waals surface area contributed by atoms with Crippen LogP contribution in [0.5, 0.6) is 0 Å². The molecular formula is C13H16F3N. The maximum atomic E-state index is 12.6. The molecule has 1 N–H and O–H groups in total. The highest BCUT2D eigenvalue weighted by Crippen LogP contribution is 2.35. The maximum absolute atomic E-state index is 12.6. The van der Waals surface area contributed by atoms with Crippen molar-refractivity contribution in [1.29, 1.82) is 0 Å². The Morgan fingerprint density at radius 2 is 2.06 bits per heavy atom. The molecule has 1 heterocycles. The van der Waals surface area contributed by atoms with Crippen LogP contribution in [-0.4, -0.2) is 13.1 Å². The lowest BCUT2D eigenvalue weighted by Gasteiger charge is -2.35. The quantitative estimate of drug-likeness (QED) is 0.797. The summed E-state index contributed by atoms with van der Waals surface area (Å²) < 4.78 is 37.9. The van der Waals surface area contributed by atoms with Crippen LogP contribution in [0.3, 0.4) is 0 Å². The van der Waals surface area contributed by atoms with Crippen molar-refractivity contribution in [2.45, 2.75) is 31.4 Å².